The predicted octanol–water partition coefficient (Wildman–Crippen LogP) is 0.504. The molecular formula is C9H12N2O2. The van der Waals surface area contributed by atoms with Crippen molar-refractivity contribution in [2.75, 3.05) is 13.1 Å². The number of nitrogens with zero attached hydrogens (tertiary/aromatic N) is 1. The van der Waals surface area contributed by atoms with Gasteiger partial charge in [0.2, 0.25) is 5.91 Å². The number of hydrogen-bond donors (Lipinski definition) is 1. The molecule has 0 spiro atoms. The van der Waals surface area contributed by atoms with Gasteiger partial charge in [0.05, 0.1) is 0 Å². The third kappa shape index (κ3) is 1.43. The van der Waals surface area contributed by atoms with Crippen LogP contribution in [-0.2, 0) is 4.79 Å². The number of rotatable bonds is 1. The monoisotopic (exact) mass is 180 g/mol. The zero-order valence-electron chi connectivity index (χ0n) is 7.32. The molecule has 1 aliphatic carbocycles. The first kappa shape index (κ1) is 8.29. The highest BCUT2D eigenvalue weighted by atomic mass is 16.2. The van der Waals surface area contributed by atoms with Gasteiger partial charge in [0.25, 0.3) is 0 Å². The van der Waals surface area contributed by atoms with Gasteiger partial charge in [-0.1, -0.05) is 12.2 Å². The van der Waals surface area contributed by atoms with Crippen LogP contribution in [0.15, 0.2) is 12.2 Å². The molecule has 0 bridgehead atoms. The minimum Gasteiger partial charge on any atom is -0.336 e. The van der Waals surface area contributed by atoms with Crippen LogP contribution in [0.3, 0.4) is 0 Å². The fraction of sp³-hybridized carbons (Fsp3) is 0.556. The number of amides is 3. The second-order valence-electron chi connectivity index (χ2n) is 3.36. The van der Waals surface area contributed by atoms with E-state index in [0.29, 0.717) is 13.1 Å². The Labute approximate surface area is 76.6 Å². The number of urea groups is 1. The Balaban J connectivity index is 2.00. The number of allylic oxidation sites excluding steroid dienone is 2. The molecule has 1 saturated heterocycles. The van der Waals surface area contributed by atoms with Crippen LogP contribution in [0.1, 0.15) is 12.8 Å². The van der Waals surface area contributed by atoms with E-state index in [1.807, 2.05) is 12.2 Å². The Hall–Kier alpha value is -1.32. The zero-order valence-corrected chi connectivity index (χ0v) is 7.32. The van der Waals surface area contributed by atoms with Crippen LogP contribution in [0.2, 0.25) is 0 Å². The molecule has 0 unspecified atom stereocenters. The Bertz CT molecular complexity index is 265. The molecule has 0 saturated carbocycles. The highest BCUT2D eigenvalue weighted by Crippen LogP contribution is 2.20. The second-order valence-corrected chi connectivity index (χ2v) is 3.36. The van der Waals surface area contributed by atoms with Crippen LogP contribution < -0.4 is 5.32 Å². The van der Waals surface area contributed by atoms with Gasteiger partial charge in [0.15, 0.2) is 0 Å². The standard InChI is InChI=1S/C9H12N2O2/c12-8(7-3-1-2-4-7)11-6-5-10-9(11)13/h1-2,7H,3-6H2,(H,10,13). The van der Waals surface area contributed by atoms with E-state index in [4.69, 9.17) is 0 Å². The minimum absolute atomic E-state index is 0.00356. The summed E-state index contributed by atoms with van der Waals surface area (Å²) >= 11 is 0. The maximum atomic E-state index is 11.7. The lowest BCUT2D eigenvalue weighted by atomic mass is 10.1. The molecule has 4 heteroatoms. The van der Waals surface area contributed by atoms with Crippen molar-refractivity contribution in [1.29, 1.82) is 0 Å². The molecule has 0 radical (unpaired) electrons. The highest BCUT2D eigenvalue weighted by molar-refractivity contribution is 5.97. The normalized spacial score (nSPS) is 22.5. The molecule has 0 aromatic rings. The Morgan fingerprint density at radius 3 is 2.69 bits per heavy atom. The maximum Gasteiger partial charge on any atom is 0.324 e. The van der Waals surface area contributed by atoms with Gasteiger partial charge in [-0.2, -0.15) is 0 Å². The van der Waals surface area contributed by atoms with Crippen molar-refractivity contribution in [2.45, 2.75) is 12.8 Å². The molecule has 13 heavy (non-hydrogen) atoms. The molecule has 2 rings (SSSR count). The minimum atomic E-state index is -0.239. The summed E-state index contributed by atoms with van der Waals surface area (Å²) in [5.74, 6) is -0.0242. The van der Waals surface area contributed by atoms with E-state index in [9.17, 15) is 9.59 Å². The third-order valence-corrected chi connectivity index (χ3v) is 2.48. The summed E-state index contributed by atoms with van der Waals surface area (Å²) in [5, 5.41) is 2.62. The van der Waals surface area contributed by atoms with Crippen molar-refractivity contribution in [3.8, 4) is 0 Å². The first-order valence-electron chi connectivity index (χ1n) is 4.53. The molecule has 0 atom stereocenters. The summed E-state index contributed by atoms with van der Waals surface area (Å²) in [7, 11) is 0. The molecule has 70 valence electrons. The molecule has 3 amide bonds. The number of carbonyl (C=O) groups is 2. The van der Waals surface area contributed by atoms with E-state index in [1.54, 1.807) is 0 Å². The van der Waals surface area contributed by atoms with Crippen LogP contribution in [0.25, 0.3) is 0 Å². The smallest absolute Gasteiger partial charge is 0.324 e. The molecule has 1 N–H and O–H groups in total. The van der Waals surface area contributed by atoms with Crippen LogP contribution >= 0.6 is 0 Å². The van der Waals surface area contributed by atoms with Crippen molar-refractivity contribution >= 4 is 11.9 Å². The lowest BCUT2D eigenvalue weighted by Gasteiger charge is -2.16. The predicted molar refractivity (Wildman–Crippen MR) is 47.0 cm³/mol. The van der Waals surface area contributed by atoms with Gasteiger partial charge < -0.3 is 5.32 Å². The average molecular weight is 180 g/mol. The fourth-order valence-electron chi connectivity index (χ4n) is 1.72. The second kappa shape index (κ2) is 3.20. The van der Waals surface area contributed by atoms with Gasteiger partial charge in [0.1, 0.15) is 0 Å². The Morgan fingerprint density at radius 2 is 2.15 bits per heavy atom. The first-order valence-corrected chi connectivity index (χ1v) is 4.53. The first-order chi connectivity index (χ1) is 6.29. The average Bonchev–Trinajstić information content (AvgIpc) is 2.72. The molecule has 1 fully saturated rings. The third-order valence-electron chi connectivity index (χ3n) is 2.48. The molecule has 1 aliphatic heterocycles. The van der Waals surface area contributed by atoms with E-state index in [-0.39, 0.29) is 17.9 Å². The molecular weight excluding hydrogens is 168 g/mol. The van der Waals surface area contributed by atoms with Crippen LogP contribution in [-0.4, -0.2) is 29.9 Å². The molecule has 0 aromatic carbocycles. The van der Waals surface area contributed by atoms with Gasteiger partial charge >= 0.3 is 6.03 Å². The summed E-state index contributed by atoms with van der Waals surface area (Å²) in [6, 6.07) is -0.239. The van der Waals surface area contributed by atoms with Crippen molar-refractivity contribution in [1.82, 2.24) is 10.2 Å². The topological polar surface area (TPSA) is 49.4 Å². The molecule has 2 aliphatic rings. The summed E-state index contributed by atoms with van der Waals surface area (Å²) < 4.78 is 0. The summed E-state index contributed by atoms with van der Waals surface area (Å²) in [6.07, 6.45) is 5.55. The van der Waals surface area contributed by atoms with Crippen molar-refractivity contribution in [3.05, 3.63) is 12.2 Å². The SMILES string of the molecule is O=C1NCCN1C(=O)C1CC=CC1. The van der Waals surface area contributed by atoms with Crippen LogP contribution in [0.4, 0.5) is 4.79 Å². The summed E-state index contributed by atoms with van der Waals surface area (Å²) in [5.41, 5.74) is 0. The zero-order chi connectivity index (χ0) is 9.26. The fourth-order valence-corrected chi connectivity index (χ4v) is 1.72. The number of carbonyl (C=O) groups excluding carboxylic acids is 2. The summed E-state index contributed by atoms with van der Waals surface area (Å²) in [6.45, 7) is 1.11. The van der Waals surface area contributed by atoms with E-state index in [2.05, 4.69) is 5.32 Å². The van der Waals surface area contributed by atoms with Gasteiger partial charge in [-0.25, -0.2) is 4.79 Å². The van der Waals surface area contributed by atoms with Gasteiger partial charge in [-0.05, 0) is 12.8 Å². The lowest BCUT2D eigenvalue weighted by Crippen LogP contribution is -2.37. The van der Waals surface area contributed by atoms with Crippen LogP contribution in [0.5, 0.6) is 0 Å². The quantitative estimate of drug-likeness (QED) is 0.597. The van der Waals surface area contributed by atoms with E-state index in [0.717, 1.165) is 12.8 Å². The number of hydrogen-bond acceptors (Lipinski definition) is 2. The van der Waals surface area contributed by atoms with Gasteiger partial charge in [-0.3, -0.25) is 9.69 Å². The largest absolute Gasteiger partial charge is 0.336 e. The van der Waals surface area contributed by atoms with E-state index >= 15 is 0 Å². The highest BCUT2D eigenvalue weighted by Gasteiger charge is 2.31. The summed E-state index contributed by atoms with van der Waals surface area (Å²) in [4.78, 5) is 24.1. The number of imide groups is 1. The van der Waals surface area contributed by atoms with Crippen molar-refractivity contribution < 1.29 is 9.59 Å². The lowest BCUT2D eigenvalue weighted by molar-refractivity contribution is -0.131. The Kier molecular flexibility index (Phi) is 2.04. The molecule has 0 aromatic heterocycles. The Morgan fingerprint density at radius 1 is 1.46 bits per heavy atom. The van der Waals surface area contributed by atoms with Crippen LogP contribution in [0, 0.1) is 5.92 Å². The molecule has 4 nitrogen and oxygen atoms in total. The van der Waals surface area contributed by atoms with E-state index < -0.39 is 0 Å². The maximum absolute atomic E-state index is 11.7. The van der Waals surface area contributed by atoms with Crippen molar-refractivity contribution in [3.63, 3.8) is 0 Å². The number of nitrogens with one attached hydrogen (secondary N) is 1. The molecule has 1 heterocycles. The van der Waals surface area contributed by atoms with Gasteiger partial charge in [0, 0.05) is 19.0 Å². The van der Waals surface area contributed by atoms with Gasteiger partial charge in [-0.15, -0.1) is 0 Å². The van der Waals surface area contributed by atoms with E-state index in [1.165, 1.54) is 4.90 Å². The van der Waals surface area contributed by atoms with Crippen molar-refractivity contribution in [2.24, 2.45) is 5.92 Å².